The van der Waals surface area contributed by atoms with Crippen LogP contribution in [0, 0.1) is 17.8 Å². The molecular formula is C24H27NO2. The Balaban J connectivity index is 1.37. The lowest BCUT2D eigenvalue weighted by Crippen LogP contribution is -2.48. The van der Waals surface area contributed by atoms with Crippen molar-refractivity contribution in [2.24, 2.45) is 22.7 Å². The molecule has 0 aromatic heterocycles. The summed E-state index contributed by atoms with van der Waals surface area (Å²) in [5, 5.41) is 10.2. The fourth-order valence-electron chi connectivity index (χ4n) is 6.32. The largest absolute Gasteiger partial charge is 0.504 e. The van der Waals surface area contributed by atoms with E-state index in [9.17, 15) is 5.11 Å². The highest BCUT2D eigenvalue weighted by Crippen LogP contribution is 2.60. The molecule has 0 unspecified atom stereocenters. The molecule has 0 heterocycles. The van der Waals surface area contributed by atoms with Crippen molar-refractivity contribution in [3.63, 3.8) is 0 Å². The van der Waals surface area contributed by atoms with Crippen LogP contribution in [0.5, 0.6) is 11.5 Å². The van der Waals surface area contributed by atoms with Gasteiger partial charge in [-0.1, -0.05) is 18.2 Å². The smallest absolute Gasteiger partial charge is 0.166 e. The van der Waals surface area contributed by atoms with Gasteiger partial charge in [-0.2, -0.15) is 0 Å². The average molecular weight is 361 g/mol. The van der Waals surface area contributed by atoms with Gasteiger partial charge in [0.15, 0.2) is 11.5 Å². The zero-order valence-corrected chi connectivity index (χ0v) is 15.9. The van der Waals surface area contributed by atoms with Gasteiger partial charge in [0.25, 0.3) is 0 Å². The molecule has 27 heavy (non-hydrogen) atoms. The molecule has 0 amide bonds. The Kier molecular flexibility index (Phi) is 3.99. The molecule has 0 aliphatic heterocycles. The molecule has 0 atom stereocenters. The maximum atomic E-state index is 10.2. The van der Waals surface area contributed by atoms with Gasteiger partial charge in [-0.05, 0) is 91.5 Å². The standard InChI is InChI=1S/C24H27NO2/c1-27-22-4-2-3-19(23(22)26)15-25-21-7-5-20(6-8-21)24-12-16-9-17(13-24)11-18(10-16)14-24/h2-8,15-18,26H,9-14H2,1H3. The van der Waals surface area contributed by atoms with Gasteiger partial charge in [0.2, 0.25) is 0 Å². The van der Waals surface area contributed by atoms with E-state index in [4.69, 9.17) is 4.74 Å². The monoisotopic (exact) mass is 361 g/mol. The highest BCUT2D eigenvalue weighted by atomic mass is 16.5. The molecule has 140 valence electrons. The van der Waals surface area contributed by atoms with Crippen LogP contribution in [0.25, 0.3) is 0 Å². The fourth-order valence-corrected chi connectivity index (χ4v) is 6.32. The van der Waals surface area contributed by atoms with Crippen molar-refractivity contribution < 1.29 is 9.84 Å². The molecule has 4 saturated carbocycles. The summed E-state index contributed by atoms with van der Waals surface area (Å²) in [6, 6.07) is 14.3. The van der Waals surface area contributed by atoms with E-state index in [2.05, 4.69) is 29.3 Å². The minimum absolute atomic E-state index is 0.133. The minimum Gasteiger partial charge on any atom is -0.504 e. The Hall–Kier alpha value is -2.29. The SMILES string of the molecule is COc1cccc(C=Nc2ccc(C34CC5CC(CC(C5)C3)C4)cc2)c1O. The highest BCUT2D eigenvalue weighted by Gasteiger charge is 2.51. The van der Waals surface area contributed by atoms with Crippen LogP contribution in [0.2, 0.25) is 0 Å². The van der Waals surface area contributed by atoms with Crippen LogP contribution < -0.4 is 4.74 Å². The fraction of sp³-hybridized carbons (Fsp3) is 0.458. The molecule has 4 aliphatic rings. The van der Waals surface area contributed by atoms with E-state index >= 15 is 0 Å². The van der Waals surface area contributed by atoms with Gasteiger partial charge in [0, 0.05) is 11.8 Å². The first-order valence-electron chi connectivity index (χ1n) is 10.2. The normalized spacial score (nSPS) is 31.5. The van der Waals surface area contributed by atoms with Gasteiger partial charge >= 0.3 is 0 Å². The number of methoxy groups -OCH3 is 1. The summed E-state index contributed by atoms with van der Waals surface area (Å²) in [6.45, 7) is 0. The molecule has 0 radical (unpaired) electrons. The van der Waals surface area contributed by atoms with E-state index in [-0.39, 0.29) is 5.75 Å². The molecule has 0 saturated heterocycles. The van der Waals surface area contributed by atoms with Crippen molar-refractivity contribution in [1.29, 1.82) is 0 Å². The number of nitrogens with zero attached hydrogens (tertiary/aromatic N) is 1. The van der Waals surface area contributed by atoms with E-state index in [0.717, 1.165) is 23.4 Å². The van der Waals surface area contributed by atoms with Gasteiger partial charge in [0.1, 0.15) is 0 Å². The second-order valence-corrected chi connectivity index (χ2v) is 8.90. The van der Waals surface area contributed by atoms with Crippen LogP contribution in [0.1, 0.15) is 49.7 Å². The number of aromatic hydroxyl groups is 1. The van der Waals surface area contributed by atoms with E-state index < -0.39 is 0 Å². The van der Waals surface area contributed by atoms with E-state index in [1.807, 2.05) is 12.1 Å². The lowest BCUT2D eigenvalue weighted by molar-refractivity contribution is -0.00518. The maximum Gasteiger partial charge on any atom is 0.166 e. The van der Waals surface area contributed by atoms with Gasteiger partial charge < -0.3 is 9.84 Å². The van der Waals surface area contributed by atoms with Crippen LogP contribution >= 0.6 is 0 Å². The summed E-state index contributed by atoms with van der Waals surface area (Å²) in [5.74, 6) is 3.49. The lowest BCUT2D eigenvalue weighted by Gasteiger charge is -2.57. The van der Waals surface area contributed by atoms with Crippen LogP contribution in [0.15, 0.2) is 47.5 Å². The van der Waals surface area contributed by atoms with Gasteiger partial charge in [-0.15, -0.1) is 0 Å². The molecule has 4 aliphatic carbocycles. The summed E-state index contributed by atoms with van der Waals surface area (Å²) >= 11 is 0. The number of phenols is 1. The molecule has 2 aromatic rings. The van der Waals surface area contributed by atoms with Gasteiger partial charge in [-0.3, -0.25) is 4.99 Å². The van der Waals surface area contributed by atoms with Crippen molar-refractivity contribution in [3.05, 3.63) is 53.6 Å². The first-order valence-corrected chi connectivity index (χ1v) is 10.2. The number of hydrogen-bond donors (Lipinski definition) is 1. The van der Waals surface area contributed by atoms with E-state index in [0.29, 0.717) is 16.7 Å². The third-order valence-corrected chi connectivity index (χ3v) is 7.12. The summed E-state index contributed by atoms with van der Waals surface area (Å²) in [4.78, 5) is 4.56. The van der Waals surface area contributed by atoms with Crippen LogP contribution in [0.4, 0.5) is 5.69 Å². The second-order valence-electron chi connectivity index (χ2n) is 8.90. The predicted molar refractivity (Wildman–Crippen MR) is 108 cm³/mol. The van der Waals surface area contributed by atoms with Crippen molar-refractivity contribution >= 4 is 11.9 Å². The summed E-state index contributed by atoms with van der Waals surface area (Å²) in [5.41, 5.74) is 3.54. The van der Waals surface area contributed by atoms with E-state index in [1.54, 1.807) is 19.4 Å². The zero-order valence-electron chi connectivity index (χ0n) is 15.9. The number of rotatable bonds is 4. The Morgan fingerprint density at radius 1 is 0.963 bits per heavy atom. The summed E-state index contributed by atoms with van der Waals surface area (Å²) in [6.07, 6.45) is 10.3. The van der Waals surface area contributed by atoms with Crippen LogP contribution in [0.3, 0.4) is 0 Å². The Bertz CT molecular complexity index is 833. The van der Waals surface area contributed by atoms with Gasteiger partial charge in [0.05, 0.1) is 12.8 Å². The van der Waals surface area contributed by atoms with E-state index in [1.165, 1.54) is 44.1 Å². The molecule has 1 N–H and O–H groups in total. The first kappa shape index (κ1) is 16.9. The number of hydrogen-bond acceptors (Lipinski definition) is 3. The topological polar surface area (TPSA) is 41.8 Å². The van der Waals surface area contributed by atoms with Crippen molar-refractivity contribution in [2.45, 2.75) is 43.9 Å². The van der Waals surface area contributed by atoms with Gasteiger partial charge in [-0.25, -0.2) is 0 Å². The molecule has 4 fully saturated rings. The predicted octanol–water partition coefficient (Wildman–Crippen LogP) is 5.62. The summed E-state index contributed by atoms with van der Waals surface area (Å²) in [7, 11) is 1.55. The van der Waals surface area contributed by atoms with Crippen molar-refractivity contribution in [2.75, 3.05) is 7.11 Å². The lowest BCUT2D eigenvalue weighted by atomic mass is 9.48. The molecule has 3 heteroatoms. The minimum atomic E-state index is 0.133. The molecule has 3 nitrogen and oxygen atoms in total. The quantitative estimate of drug-likeness (QED) is 0.718. The van der Waals surface area contributed by atoms with Crippen molar-refractivity contribution in [1.82, 2.24) is 0 Å². The Morgan fingerprint density at radius 3 is 2.19 bits per heavy atom. The van der Waals surface area contributed by atoms with Crippen LogP contribution in [-0.4, -0.2) is 18.4 Å². The van der Waals surface area contributed by atoms with Crippen LogP contribution in [-0.2, 0) is 5.41 Å². The number of phenolic OH excluding ortho intramolecular Hbond substituents is 1. The highest BCUT2D eigenvalue weighted by molar-refractivity contribution is 5.86. The van der Waals surface area contributed by atoms with Crippen molar-refractivity contribution in [3.8, 4) is 11.5 Å². The molecule has 4 bridgehead atoms. The first-order chi connectivity index (χ1) is 13.1. The number of ether oxygens (including phenoxy) is 1. The number of para-hydroxylation sites is 1. The molecule has 2 aromatic carbocycles. The summed E-state index contributed by atoms with van der Waals surface area (Å²) < 4.78 is 5.16. The number of aliphatic imine (C=N–C) groups is 1. The Labute approximate surface area is 161 Å². The second kappa shape index (κ2) is 6.40. The third-order valence-electron chi connectivity index (χ3n) is 7.12. The Morgan fingerprint density at radius 2 is 1.59 bits per heavy atom. The molecule has 6 rings (SSSR count). The number of benzene rings is 2. The molecule has 0 spiro atoms. The molecular weight excluding hydrogens is 334 g/mol. The average Bonchev–Trinajstić information content (AvgIpc) is 2.66. The third kappa shape index (κ3) is 2.93. The zero-order chi connectivity index (χ0) is 18.4. The maximum absolute atomic E-state index is 10.2.